The topological polar surface area (TPSA) is 55.4 Å². The number of hydrogen-bond acceptors (Lipinski definition) is 4. The molecule has 7 heteroatoms. The van der Waals surface area contributed by atoms with E-state index in [2.05, 4.69) is 5.32 Å². The Hall–Kier alpha value is -0.780. The van der Waals surface area contributed by atoms with Crippen molar-refractivity contribution in [2.24, 2.45) is 0 Å². The maximum absolute atomic E-state index is 11.6. The molecule has 0 saturated carbocycles. The van der Waals surface area contributed by atoms with Crippen LogP contribution in [0.2, 0.25) is 4.34 Å². The average Bonchev–Trinajstić information content (AvgIpc) is 2.70. The van der Waals surface area contributed by atoms with Crippen LogP contribution in [0.1, 0.15) is 16.6 Å². The summed E-state index contributed by atoms with van der Waals surface area (Å²) in [6.07, 6.45) is -0.520. The molecule has 94 valence electrons. The number of alkyl halides is 1. The van der Waals surface area contributed by atoms with E-state index >= 15 is 0 Å². The van der Waals surface area contributed by atoms with Gasteiger partial charge in [-0.25, -0.2) is 0 Å². The fourth-order valence-corrected chi connectivity index (χ4v) is 2.22. The van der Waals surface area contributed by atoms with Crippen LogP contribution < -0.4 is 5.32 Å². The molecular formula is C10H11Cl2NO3S. The lowest BCUT2D eigenvalue weighted by atomic mass is 10.3. The van der Waals surface area contributed by atoms with Crippen molar-refractivity contribution in [3.63, 3.8) is 0 Å². The fraction of sp³-hybridized carbons (Fsp3) is 0.400. The van der Waals surface area contributed by atoms with Gasteiger partial charge in [-0.2, -0.15) is 0 Å². The number of thiophene rings is 1. The molecule has 1 amide bonds. The van der Waals surface area contributed by atoms with Gasteiger partial charge < -0.3 is 10.1 Å². The Morgan fingerprint density at radius 1 is 1.53 bits per heavy atom. The Bertz CT molecular complexity index is 408. The monoisotopic (exact) mass is 295 g/mol. The van der Waals surface area contributed by atoms with E-state index in [0.717, 1.165) is 0 Å². The van der Waals surface area contributed by atoms with Crippen molar-refractivity contribution in [3.05, 3.63) is 21.3 Å². The van der Waals surface area contributed by atoms with Crippen LogP contribution in [0.4, 0.5) is 0 Å². The molecule has 0 aliphatic rings. The Morgan fingerprint density at radius 2 is 2.24 bits per heavy atom. The fourth-order valence-electron chi connectivity index (χ4n) is 1.09. The summed E-state index contributed by atoms with van der Waals surface area (Å²) in [4.78, 5) is 22.8. The van der Waals surface area contributed by atoms with Crippen LogP contribution in [0.3, 0.4) is 0 Å². The number of halogens is 2. The predicted octanol–water partition coefficient (Wildman–Crippen LogP) is 2.30. The highest BCUT2D eigenvalue weighted by molar-refractivity contribution is 7.17. The molecule has 4 nitrogen and oxygen atoms in total. The number of amides is 1. The average molecular weight is 296 g/mol. The molecule has 0 bridgehead atoms. The molecule has 1 aromatic rings. The largest absolute Gasteiger partial charge is 0.459 e. The second kappa shape index (κ2) is 6.83. The summed E-state index contributed by atoms with van der Waals surface area (Å²) < 4.78 is 5.43. The van der Waals surface area contributed by atoms with Gasteiger partial charge in [-0.05, 0) is 12.1 Å². The highest BCUT2D eigenvalue weighted by Gasteiger charge is 2.14. The molecule has 0 radical (unpaired) electrons. The van der Waals surface area contributed by atoms with Crippen LogP contribution in [-0.4, -0.2) is 30.4 Å². The van der Waals surface area contributed by atoms with Crippen molar-refractivity contribution >= 4 is 46.4 Å². The molecule has 1 rings (SSSR count). The van der Waals surface area contributed by atoms with Crippen LogP contribution in [0, 0.1) is 0 Å². The molecule has 0 unspecified atom stereocenters. The zero-order valence-corrected chi connectivity index (χ0v) is 11.4. The van der Waals surface area contributed by atoms with E-state index in [1.165, 1.54) is 18.3 Å². The lowest BCUT2D eigenvalue weighted by Gasteiger charge is -2.14. The van der Waals surface area contributed by atoms with Gasteiger partial charge in [0.2, 0.25) is 0 Å². The van der Waals surface area contributed by atoms with E-state index in [1.54, 1.807) is 12.1 Å². The van der Waals surface area contributed by atoms with Gasteiger partial charge in [-0.3, -0.25) is 9.59 Å². The molecule has 0 aliphatic heterocycles. The predicted molar refractivity (Wildman–Crippen MR) is 67.9 cm³/mol. The van der Waals surface area contributed by atoms with Gasteiger partial charge >= 0.3 is 5.97 Å². The number of carbonyl (C=O) groups is 2. The summed E-state index contributed by atoms with van der Waals surface area (Å²) in [7, 11) is 0. The van der Waals surface area contributed by atoms with Crippen LogP contribution in [0.5, 0.6) is 0 Å². The summed E-state index contributed by atoms with van der Waals surface area (Å²) in [6.45, 7) is 1.47. The number of hydrogen-bond donors (Lipinski definition) is 1. The molecule has 0 aromatic carbocycles. The lowest BCUT2D eigenvalue weighted by Crippen LogP contribution is -2.35. The van der Waals surface area contributed by atoms with Gasteiger partial charge in [-0.15, -0.1) is 22.9 Å². The summed E-state index contributed by atoms with van der Waals surface area (Å²) in [5.74, 6) is -0.557. The van der Waals surface area contributed by atoms with E-state index in [0.29, 0.717) is 9.21 Å². The molecule has 0 spiro atoms. The number of esters is 1. The van der Waals surface area contributed by atoms with E-state index < -0.39 is 12.1 Å². The van der Waals surface area contributed by atoms with Gasteiger partial charge in [0.25, 0.3) is 5.91 Å². The molecule has 17 heavy (non-hydrogen) atoms. The van der Waals surface area contributed by atoms with Gasteiger partial charge in [-0.1, -0.05) is 11.6 Å². The van der Waals surface area contributed by atoms with E-state index in [4.69, 9.17) is 27.9 Å². The molecule has 1 heterocycles. The first-order valence-corrected chi connectivity index (χ1v) is 6.52. The highest BCUT2D eigenvalue weighted by atomic mass is 35.5. The van der Waals surface area contributed by atoms with Crippen LogP contribution in [0.25, 0.3) is 0 Å². The van der Waals surface area contributed by atoms with Crippen molar-refractivity contribution in [2.45, 2.75) is 13.0 Å². The normalized spacial score (nSPS) is 11.9. The summed E-state index contributed by atoms with van der Waals surface area (Å²) >= 11 is 12.5. The van der Waals surface area contributed by atoms with Crippen molar-refractivity contribution < 1.29 is 14.3 Å². The molecule has 1 atom stereocenters. The first-order valence-electron chi connectivity index (χ1n) is 4.79. The molecule has 0 aliphatic carbocycles. The van der Waals surface area contributed by atoms with E-state index in [9.17, 15) is 9.59 Å². The Labute approximate surface area is 113 Å². The zero-order chi connectivity index (χ0) is 12.8. The summed E-state index contributed by atoms with van der Waals surface area (Å²) in [5.41, 5.74) is 0. The maximum atomic E-state index is 11.6. The first-order chi connectivity index (χ1) is 8.02. The minimum absolute atomic E-state index is 0.130. The molecule has 0 saturated heterocycles. The second-order valence-corrected chi connectivity index (χ2v) is 5.22. The second-order valence-electron chi connectivity index (χ2n) is 3.20. The third-order valence-corrected chi connectivity index (χ3v) is 3.37. The molecule has 0 fully saturated rings. The van der Waals surface area contributed by atoms with Crippen molar-refractivity contribution in [3.8, 4) is 0 Å². The minimum Gasteiger partial charge on any atom is -0.459 e. The Kier molecular flexibility index (Phi) is 5.74. The Morgan fingerprint density at radius 3 is 2.71 bits per heavy atom. The number of rotatable bonds is 5. The zero-order valence-electron chi connectivity index (χ0n) is 9.04. The maximum Gasteiger partial charge on any atom is 0.303 e. The van der Waals surface area contributed by atoms with Gasteiger partial charge in [0, 0.05) is 6.92 Å². The third-order valence-electron chi connectivity index (χ3n) is 1.79. The molecule has 1 N–H and O–H groups in total. The number of nitrogens with one attached hydrogen (secondary N) is 1. The van der Waals surface area contributed by atoms with Gasteiger partial charge in [0.05, 0.1) is 21.6 Å². The minimum atomic E-state index is -0.520. The van der Waals surface area contributed by atoms with Gasteiger partial charge in [0.1, 0.15) is 6.10 Å². The summed E-state index contributed by atoms with van der Waals surface area (Å²) in [6, 6.07) is 3.27. The quantitative estimate of drug-likeness (QED) is 0.670. The standard InChI is InChI=1S/C10H11Cl2NO3S/c1-6(14)16-7(4-11)5-13-10(15)8-2-3-9(12)17-8/h2-3,7H,4-5H2,1H3,(H,13,15)/t7-/m1/s1. The molecular weight excluding hydrogens is 285 g/mol. The van der Waals surface area contributed by atoms with Crippen molar-refractivity contribution in [1.29, 1.82) is 0 Å². The van der Waals surface area contributed by atoms with Crippen LogP contribution in [0.15, 0.2) is 12.1 Å². The van der Waals surface area contributed by atoms with E-state index in [1.807, 2.05) is 0 Å². The lowest BCUT2D eigenvalue weighted by molar-refractivity contribution is -0.145. The highest BCUT2D eigenvalue weighted by Crippen LogP contribution is 2.21. The third kappa shape index (κ3) is 4.93. The summed E-state index contributed by atoms with van der Waals surface area (Å²) in [5, 5.41) is 2.62. The van der Waals surface area contributed by atoms with Gasteiger partial charge in [0.15, 0.2) is 0 Å². The smallest absolute Gasteiger partial charge is 0.303 e. The Balaban J connectivity index is 2.44. The van der Waals surface area contributed by atoms with Crippen LogP contribution in [-0.2, 0) is 9.53 Å². The van der Waals surface area contributed by atoms with E-state index in [-0.39, 0.29) is 18.3 Å². The first kappa shape index (κ1) is 14.3. The number of ether oxygens (including phenoxy) is 1. The SMILES string of the molecule is CC(=O)O[C@H](CCl)CNC(=O)c1ccc(Cl)s1. The van der Waals surface area contributed by atoms with Crippen molar-refractivity contribution in [2.75, 3.05) is 12.4 Å². The van der Waals surface area contributed by atoms with Crippen molar-refractivity contribution in [1.82, 2.24) is 5.32 Å². The van der Waals surface area contributed by atoms with Crippen LogP contribution >= 0.6 is 34.5 Å². The number of carbonyl (C=O) groups excluding carboxylic acids is 2. The molecule has 1 aromatic heterocycles.